The van der Waals surface area contributed by atoms with E-state index in [2.05, 4.69) is 14.7 Å². The maximum atomic E-state index is 13.0. The summed E-state index contributed by atoms with van der Waals surface area (Å²) in [7, 11) is 0. The monoisotopic (exact) mass is 227 g/mol. The summed E-state index contributed by atoms with van der Waals surface area (Å²) in [6.45, 7) is 0. The van der Waals surface area contributed by atoms with Crippen molar-refractivity contribution < 1.29 is 18.2 Å². The maximum Gasteiger partial charge on any atom is 0.308 e. The van der Waals surface area contributed by atoms with Gasteiger partial charge >= 0.3 is 5.69 Å². The van der Waals surface area contributed by atoms with Gasteiger partial charge in [0.1, 0.15) is 0 Å². The Hall–Kier alpha value is -2.38. The average molecular weight is 227 g/mol. The van der Waals surface area contributed by atoms with Crippen LogP contribution in [0.25, 0.3) is 11.4 Å². The van der Waals surface area contributed by atoms with E-state index in [4.69, 9.17) is 0 Å². The van der Waals surface area contributed by atoms with Crippen molar-refractivity contribution >= 4 is 5.69 Å². The Labute approximate surface area is 86.7 Å². The lowest BCUT2D eigenvalue weighted by atomic mass is 10.2. The fourth-order valence-corrected chi connectivity index (χ4v) is 1.13. The van der Waals surface area contributed by atoms with Gasteiger partial charge in [-0.2, -0.15) is 9.37 Å². The molecule has 0 aliphatic rings. The predicted molar refractivity (Wildman–Crippen MR) is 46.3 cm³/mol. The van der Waals surface area contributed by atoms with E-state index in [1.807, 2.05) is 0 Å². The molecule has 82 valence electrons. The van der Waals surface area contributed by atoms with E-state index >= 15 is 0 Å². The minimum absolute atomic E-state index is 0.0284. The lowest BCUT2D eigenvalue weighted by Gasteiger charge is -1.98. The van der Waals surface area contributed by atoms with Crippen molar-refractivity contribution in [2.24, 2.45) is 0 Å². The topological polar surface area (TPSA) is 82.1 Å². The largest absolute Gasteiger partial charge is 0.342 e. The molecule has 0 aliphatic carbocycles. The van der Waals surface area contributed by atoms with E-state index in [1.165, 1.54) is 0 Å². The normalized spacial score (nSPS) is 10.4. The van der Waals surface area contributed by atoms with Gasteiger partial charge in [-0.15, -0.1) is 0 Å². The molecule has 0 N–H and O–H groups in total. The third kappa shape index (κ3) is 1.60. The first-order valence-corrected chi connectivity index (χ1v) is 4.00. The fraction of sp³-hybridized carbons (Fsp3) is 0. The number of hydrogen-bond donors (Lipinski definition) is 0. The molecule has 0 aliphatic heterocycles. The van der Waals surface area contributed by atoms with Gasteiger partial charge in [0, 0.05) is 11.6 Å². The van der Waals surface area contributed by atoms with Crippen LogP contribution in [-0.4, -0.2) is 15.1 Å². The van der Waals surface area contributed by atoms with Gasteiger partial charge in [-0.05, 0) is 6.07 Å². The molecule has 8 heteroatoms. The fourth-order valence-electron chi connectivity index (χ4n) is 1.13. The van der Waals surface area contributed by atoms with Crippen LogP contribution >= 0.6 is 0 Å². The molecule has 1 aromatic heterocycles. The van der Waals surface area contributed by atoms with Crippen LogP contribution in [0.3, 0.4) is 0 Å². The van der Waals surface area contributed by atoms with Crippen LogP contribution in [0, 0.1) is 21.7 Å². The number of benzene rings is 1. The van der Waals surface area contributed by atoms with Crippen molar-refractivity contribution in [3.63, 3.8) is 0 Å². The van der Waals surface area contributed by atoms with Gasteiger partial charge in [0.2, 0.25) is 18.0 Å². The zero-order valence-corrected chi connectivity index (χ0v) is 7.55. The quantitative estimate of drug-likeness (QED) is 0.578. The van der Waals surface area contributed by atoms with Gasteiger partial charge in [-0.1, -0.05) is 5.16 Å². The van der Waals surface area contributed by atoms with Gasteiger partial charge in [-0.25, -0.2) is 4.39 Å². The minimum Gasteiger partial charge on any atom is -0.342 e. The molecule has 0 unspecified atom stereocenters. The molecule has 1 aromatic carbocycles. The molecule has 16 heavy (non-hydrogen) atoms. The Morgan fingerprint density at radius 2 is 2.12 bits per heavy atom. The number of rotatable bonds is 2. The summed E-state index contributed by atoms with van der Waals surface area (Å²) >= 11 is 0. The summed E-state index contributed by atoms with van der Waals surface area (Å²) in [5.74, 6) is -2.91. The van der Waals surface area contributed by atoms with Crippen molar-refractivity contribution in [2.45, 2.75) is 0 Å². The highest BCUT2D eigenvalue weighted by molar-refractivity contribution is 5.59. The van der Waals surface area contributed by atoms with Crippen LogP contribution in [-0.2, 0) is 0 Å². The first kappa shape index (κ1) is 10.1. The molecular formula is C8H3F2N3O3. The molecule has 2 aromatic rings. The number of nitro groups is 1. The number of nitrogens with zero attached hydrogens (tertiary/aromatic N) is 3. The summed E-state index contributed by atoms with van der Waals surface area (Å²) in [5, 5.41) is 13.8. The second kappa shape index (κ2) is 3.65. The van der Waals surface area contributed by atoms with Crippen molar-refractivity contribution in [1.82, 2.24) is 10.1 Å². The number of nitro benzene ring substituents is 1. The number of halogens is 2. The zero-order valence-electron chi connectivity index (χ0n) is 7.55. The molecule has 0 saturated carbocycles. The van der Waals surface area contributed by atoms with Crippen LogP contribution < -0.4 is 0 Å². The summed E-state index contributed by atoms with van der Waals surface area (Å²) < 4.78 is 30.4. The Balaban J connectivity index is 2.62. The summed E-state index contributed by atoms with van der Waals surface area (Å²) in [5.41, 5.74) is -1.00. The molecule has 6 nitrogen and oxygen atoms in total. The van der Waals surface area contributed by atoms with Crippen LogP contribution in [0.5, 0.6) is 0 Å². The van der Waals surface area contributed by atoms with Crippen molar-refractivity contribution in [3.8, 4) is 11.4 Å². The number of aromatic nitrogens is 2. The van der Waals surface area contributed by atoms with E-state index in [1.54, 1.807) is 0 Å². The highest BCUT2D eigenvalue weighted by atomic mass is 19.2. The molecular weight excluding hydrogens is 224 g/mol. The van der Waals surface area contributed by atoms with Crippen molar-refractivity contribution in [2.75, 3.05) is 0 Å². The molecule has 0 spiro atoms. The molecule has 0 radical (unpaired) electrons. The van der Waals surface area contributed by atoms with Crippen molar-refractivity contribution in [3.05, 3.63) is 40.3 Å². The van der Waals surface area contributed by atoms with Gasteiger partial charge < -0.3 is 4.52 Å². The molecule has 2 rings (SSSR count). The third-order valence-corrected chi connectivity index (χ3v) is 1.83. The smallest absolute Gasteiger partial charge is 0.308 e. The standard InChI is InChI=1S/C8H3F2N3O3/c9-5-1-4(8-11-3-16-12-8)2-6(7(5)10)13(14)15/h1-3H. The minimum atomic E-state index is -1.52. The van der Waals surface area contributed by atoms with E-state index in [-0.39, 0.29) is 11.4 Å². The molecule has 0 fully saturated rings. The first-order valence-electron chi connectivity index (χ1n) is 4.00. The molecule has 0 bridgehead atoms. The lowest BCUT2D eigenvalue weighted by molar-refractivity contribution is -0.387. The Morgan fingerprint density at radius 3 is 2.69 bits per heavy atom. The Kier molecular flexibility index (Phi) is 2.31. The van der Waals surface area contributed by atoms with E-state index in [9.17, 15) is 18.9 Å². The highest BCUT2D eigenvalue weighted by Gasteiger charge is 2.21. The van der Waals surface area contributed by atoms with Gasteiger partial charge in [0.05, 0.1) is 4.92 Å². The van der Waals surface area contributed by atoms with E-state index in [0.29, 0.717) is 0 Å². The van der Waals surface area contributed by atoms with Crippen LogP contribution in [0.15, 0.2) is 23.0 Å². The van der Waals surface area contributed by atoms with Crippen LogP contribution in [0.4, 0.5) is 14.5 Å². The number of hydrogen-bond acceptors (Lipinski definition) is 5. The second-order valence-corrected chi connectivity index (χ2v) is 2.80. The SMILES string of the molecule is O=[N+]([O-])c1cc(-c2ncon2)cc(F)c1F. The average Bonchev–Trinajstić information content (AvgIpc) is 2.74. The summed E-state index contributed by atoms with van der Waals surface area (Å²) in [6, 6.07) is 1.59. The molecule has 1 heterocycles. The van der Waals surface area contributed by atoms with Gasteiger partial charge in [0.15, 0.2) is 5.82 Å². The second-order valence-electron chi connectivity index (χ2n) is 2.80. The zero-order chi connectivity index (χ0) is 11.7. The molecule has 0 amide bonds. The maximum absolute atomic E-state index is 13.0. The first-order chi connectivity index (χ1) is 7.59. The molecule has 0 atom stereocenters. The highest BCUT2D eigenvalue weighted by Crippen LogP contribution is 2.26. The molecule has 0 saturated heterocycles. The van der Waals surface area contributed by atoms with Crippen LogP contribution in [0.1, 0.15) is 0 Å². The van der Waals surface area contributed by atoms with E-state index in [0.717, 1.165) is 18.5 Å². The summed E-state index contributed by atoms with van der Waals surface area (Å²) in [6.07, 6.45) is 0.975. The Bertz CT molecular complexity index is 542. The van der Waals surface area contributed by atoms with Gasteiger partial charge in [-0.3, -0.25) is 10.1 Å². The summed E-state index contributed by atoms with van der Waals surface area (Å²) in [4.78, 5) is 13.0. The third-order valence-electron chi connectivity index (χ3n) is 1.83. The Morgan fingerprint density at radius 1 is 1.38 bits per heavy atom. The van der Waals surface area contributed by atoms with Gasteiger partial charge in [0.25, 0.3) is 0 Å². The van der Waals surface area contributed by atoms with Crippen molar-refractivity contribution in [1.29, 1.82) is 0 Å². The van der Waals surface area contributed by atoms with E-state index < -0.39 is 22.2 Å². The lowest BCUT2D eigenvalue weighted by Crippen LogP contribution is -1.97. The predicted octanol–water partition coefficient (Wildman–Crippen LogP) is 1.92. The van der Waals surface area contributed by atoms with Crippen LogP contribution in [0.2, 0.25) is 0 Å².